The van der Waals surface area contributed by atoms with Crippen molar-refractivity contribution in [2.45, 2.75) is 32.7 Å². The number of rotatable bonds is 3. The maximum atomic E-state index is 11.5. The molecule has 5 nitrogen and oxygen atoms in total. The summed E-state index contributed by atoms with van der Waals surface area (Å²) in [4.78, 5) is 24.3. The molecular weight excluding hydrogens is 194 g/mol. The van der Waals surface area contributed by atoms with Crippen LogP contribution in [-0.4, -0.2) is 42.0 Å². The molecule has 1 aliphatic rings. The molecular formula is C10H19N3O2. The molecule has 1 rings (SSSR count). The minimum Gasteiger partial charge on any atom is -0.351 e. The van der Waals surface area contributed by atoms with E-state index in [2.05, 4.69) is 10.6 Å². The van der Waals surface area contributed by atoms with Crippen LogP contribution in [0.4, 0.5) is 4.79 Å². The van der Waals surface area contributed by atoms with E-state index in [1.807, 2.05) is 20.8 Å². The Hall–Kier alpha value is -1.26. The van der Waals surface area contributed by atoms with E-state index in [0.29, 0.717) is 26.1 Å². The van der Waals surface area contributed by atoms with Gasteiger partial charge in [0.05, 0.1) is 0 Å². The first-order valence-corrected chi connectivity index (χ1v) is 5.22. The summed E-state index contributed by atoms with van der Waals surface area (Å²) in [7, 11) is 0. The summed E-state index contributed by atoms with van der Waals surface area (Å²) in [5.41, 5.74) is -0.204. The van der Waals surface area contributed by atoms with Crippen molar-refractivity contribution in [1.82, 2.24) is 15.5 Å². The highest BCUT2D eigenvalue weighted by Gasteiger charge is 2.20. The largest absolute Gasteiger partial charge is 0.351 e. The average Bonchev–Trinajstić information content (AvgIpc) is 2.44. The van der Waals surface area contributed by atoms with Crippen LogP contribution < -0.4 is 10.6 Å². The van der Waals surface area contributed by atoms with Gasteiger partial charge >= 0.3 is 6.03 Å². The van der Waals surface area contributed by atoms with Gasteiger partial charge in [0.2, 0.25) is 5.91 Å². The van der Waals surface area contributed by atoms with Crippen LogP contribution in [0.25, 0.3) is 0 Å². The Morgan fingerprint density at radius 1 is 1.53 bits per heavy atom. The Kier molecular flexibility index (Phi) is 3.55. The molecule has 1 heterocycles. The van der Waals surface area contributed by atoms with Crippen LogP contribution >= 0.6 is 0 Å². The van der Waals surface area contributed by atoms with Gasteiger partial charge in [-0.05, 0) is 20.8 Å². The standard InChI is InChI=1S/C10H19N3O2/c1-10(2,3)12-8(14)4-6-13-7-5-11-9(13)15/h4-7H2,1-3H3,(H,11,15)(H,12,14). The summed E-state index contributed by atoms with van der Waals surface area (Å²) in [6, 6.07) is -0.0708. The zero-order valence-corrected chi connectivity index (χ0v) is 9.59. The first-order chi connectivity index (χ1) is 6.88. The van der Waals surface area contributed by atoms with Gasteiger partial charge in [0.15, 0.2) is 0 Å². The van der Waals surface area contributed by atoms with Gasteiger partial charge in [0, 0.05) is 31.6 Å². The third kappa shape index (κ3) is 4.18. The van der Waals surface area contributed by atoms with E-state index < -0.39 is 0 Å². The summed E-state index contributed by atoms with van der Waals surface area (Å²) in [5, 5.41) is 5.56. The fraction of sp³-hybridized carbons (Fsp3) is 0.800. The Bertz CT molecular complexity index is 258. The van der Waals surface area contributed by atoms with E-state index in [9.17, 15) is 9.59 Å². The molecule has 0 spiro atoms. The van der Waals surface area contributed by atoms with Gasteiger partial charge in [-0.15, -0.1) is 0 Å². The normalized spacial score (nSPS) is 16.5. The van der Waals surface area contributed by atoms with Crippen LogP contribution in [-0.2, 0) is 4.79 Å². The van der Waals surface area contributed by atoms with Crippen LogP contribution in [0, 0.1) is 0 Å². The summed E-state index contributed by atoms with van der Waals surface area (Å²) >= 11 is 0. The molecule has 1 fully saturated rings. The van der Waals surface area contributed by atoms with Crippen molar-refractivity contribution >= 4 is 11.9 Å². The molecule has 3 amide bonds. The Morgan fingerprint density at radius 2 is 2.20 bits per heavy atom. The number of hydrogen-bond donors (Lipinski definition) is 2. The van der Waals surface area contributed by atoms with Crippen LogP contribution in [0.2, 0.25) is 0 Å². The highest BCUT2D eigenvalue weighted by molar-refractivity contribution is 5.79. The molecule has 1 aliphatic heterocycles. The number of nitrogens with zero attached hydrogens (tertiary/aromatic N) is 1. The third-order valence-electron chi connectivity index (χ3n) is 2.07. The van der Waals surface area contributed by atoms with Gasteiger partial charge in [-0.2, -0.15) is 0 Å². The van der Waals surface area contributed by atoms with Crippen molar-refractivity contribution in [3.05, 3.63) is 0 Å². The number of amides is 3. The Labute approximate surface area is 90.2 Å². The zero-order valence-electron chi connectivity index (χ0n) is 9.59. The topological polar surface area (TPSA) is 61.4 Å². The monoisotopic (exact) mass is 213 g/mol. The predicted octanol–water partition coefficient (Wildman–Crippen LogP) is 0.316. The number of carbonyl (C=O) groups excluding carboxylic acids is 2. The third-order valence-corrected chi connectivity index (χ3v) is 2.07. The summed E-state index contributed by atoms with van der Waals surface area (Å²) < 4.78 is 0. The smallest absolute Gasteiger partial charge is 0.317 e. The number of nitrogens with one attached hydrogen (secondary N) is 2. The first kappa shape index (κ1) is 11.8. The molecule has 0 aromatic heterocycles. The van der Waals surface area contributed by atoms with Crippen molar-refractivity contribution in [3.63, 3.8) is 0 Å². The van der Waals surface area contributed by atoms with E-state index in [1.54, 1.807) is 4.90 Å². The lowest BCUT2D eigenvalue weighted by molar-refractivity contribution is -0.122. The van der Waals surface area contributed by atoms with E-state index in [1.165, 1.54) is 0 Å². The molecule has 5 heteroatoms. The maximum Gasteiger partial charge on any atom is 0.317 e. The van der Waals surface area contributed by atoms with Crippen LogP contribution in [0.5, 0.6) is 0 Å². The van der Waals surface area contributed by atoms with Crippen molar-refractivity contribution < 1.29 is 9.59 Å². The molecule has 0 unspecified atom stereocenters. The van der Waals surface area contributed by atoms with Crippen LogP contribution in [0.1, 0.15) is 27.2 Å². The summed E-state index contributed by atoms with van der Waals surface area (Å²) in [6.45, 7) is 7.68. The highest BCUT2D eigenvalue weighted by atomic mass is 16.2. The fourth-order valence-corrected chi connectivity index (χ4v) is 1.44. The lowest BCUT2D eigenvalue weighted by atomic mass is 10.1. The second kappa shape index (κ2) is 4.51. The van der Waals surface area contributed by atoms with Gasteiger partial charge in [-0.25, -0.2) is 4.79 Å². The van der Waals surface area contributed by atoms with Gasteiger partial charge in [0.25, 0.3) is 0 Å². The number of hydrogen-bond acceptors (Lipinski definition) is 2. The maximum absolute atomic E-state index is 11.5. The van der Waals surface area contributed by atoms with Gasteiger partial charge in [0.1, 0.15) is 0 Å². The molecule has 15 heavy (non-hydrogen) atoms. The molecule has 0 saturated carbocycles. The second-order valence-corrected chi connectivity index (χ2v) is 4.77. The van der Waals surface area contributed by atoms with Crippen molar-refractivity contribution in [2.24, 2.45) is 0 Å². The zero-order chi connectivity index (χ0) is 11.5. The second-order valence-electron chi connectivity index (χ2n) is 4.77. The highest BCUT2D eigenvalue weighted by Crippen LogP contribution is 2.01. The SMILES string of the molecule is CC(C)(C)NC(=O)CCN1CCNC1=O. The van der Waals surface area contributed by atoms with Gasteiger partial charge in [-0.1, -0.05) is 0 Å². The predicted molar refractivity (Wildman–Crippen MR) is 57.5 cm³/mol. The van der Waals surface area contributed by atoms with E-state index in [0.717, 1.165) is 0 Å². The number of urea groups is 1. The Balaban J connectivity index is 2.25. The van der Waals surface area contributed by atoms with Gasteiger partial charge < -0.3 is 15.5 Å². The molecule has 0 aromatic carbocycles. The van der Waals surface area contributed by atoms with E-state index in [4.69, 9.17) is 0 Å². The molecule has 86 valence electrons. The van der Waals surface area contributed by atoms with Crippen molar-refractivity contribution in [3.8, 4) is 0 Å². The first-order valence-electron chi connectivity index (χ1n) is 5.22. The molecule has 0 bridgehead atoms. The molecule has 0 atom stereocenters. The summed E-state index contributed by atoms with van der Waals surface area (Å²) in [5.74, 6) is -0.0119. The van der Waals surface area contributed by atoms with E-state index >= 15 is 0 Å². The lowest BCUT2D eigenvalue weighted by Crippen LogP contribution is -2.42. The molecule has 2 N–H and O–H groups in total. The molecule has 0 radical (unpaired) electrons. The van der Waals surface area contributed by atoms with Crippen LogP contribution in [0.3, 0.4) is 0 Å². The molecule has 1 saturated heterocycles. The minimum absolute atomic E-state index is 0.0119. The molecule has 0 aliphatic carbocycles. The van der Waals surface area contributed by atoms with E-state index in [-0.39, 0.29) is 17.5 Å². The quantitative estimate of drug-likeness (QED) is 0.709. The average molecular weight is 213 g/mol. The lowest BCUT2D eigenvalue weighted by Gasteiger charge is -2.21. The minimum atomic E-state index is -0.204. The van der Waals surface area contributed by atoms with Crippen LogP contribution in [0.15, 0.2) is 0 Å². The van der Waals surface area contributed by atoms with Crippen molar-refractivity contribution in [2.75, 3.05) is 19.6 Å². The Morgan fingerprint density at radius 3 is 2.67 bits per heavy atom. The number of carbonyl (C=O) groups is 2. The molecule has 0 aromatic rings. The van der Waals surface area contributed by atoms with Crippen molar-refractivity contribution in [1.29, 1.82) is 0 Å². The fourth-order valence-electron chi connectivity index (χ4n) is 1.44. The summed E-state index contributed by atoms with van der Waals surface area (Å²) in [6.07, 6.45) is 0.366. The van der Waals surface area contributed by atoms with Gasteiger partial charge in [-0.3, -0.25) is 4.79 Å².